The molecule has 0 aliphatic carbocycles. The highest BCUT2D eigenvalue weighted by Gasteiger charge is 2.15. The van der Waals surface area contributed by atoms with Crippen molar-refractivity contribution in [3.05, 3.63) is 63.7 Å². The summed E-state index contributed by atoms with van der Waals surface area (Å²) in [5.41, 5.74) is 2.61. The molecule has 0 saturated heterocycles. The van der Waals surface area contributed by atoms with Gasteiger partial charge in [0.1, 0.15) is 0 Å². The number of rotatable bonds is 5. The molecule has 0 saturated carbocycles. The number of hydrogen-bond acceptors (Lipinski definition) is 1. The van der Waals surface area contributed by atoms with Crippen molar-refractivity contribution >= 4 is 28.3 Å². The summed E-state index contributed by atoms with van der Waals surface area (Å²) in [4.78, 5) is 0. The fraction of sp³-hybridized carbons (Fsp3) is 0.294. The Morgan fingerprint density at radius 3 is 2.16 bits per heavy atom. The predicted octanol–water partition coefficient (Wildman–Crippen LogP) is 5.14. The van der Waals surface area contributed by atoms with Crippen LogP contribution >= 0.6 is 22.6 Å². The van der Waals surface area contributed by atoms with Gasteiger partial charge in [-0.25, -0.2) is 0 Å². The molecule has 100 valence electrons. The molecule has 0 fully saturated rings. The zero-order valence-corrected chi connectivity index (χ0v) is 13.6. The monoisotopic (exact) mass is 365 g/mol. The second-order valence-electron chi connectivity index (χ2n) is 5.15. The lowest BCUT2D eigenvalue weighted by Crippen LogP contribution is -2.17. The molecule has 1 N–H and O–H groups in total. The van der Waals surface area contributed by atoms with Crippen molar-refractivity contribution in [1.82, 2.24) is 0 Å². The first-order valence-electron chi connectivity index (χ1n) is 6.71. The van der Waals surface area contributed by atoms with Crippen molar-refractivity contribution in [2.45, 2.75) is 19.8 Å². The Labute approximate surface area is 129 Å². The van der Waals surface area contributed by atoms with E-state index >= 15 is 0 Å². The third kappa shape index (κ3) is 4.23. The summed E-state index contributed by atoms with van der Waals surface area (Å²) in [6.07, 6.45) is 0. The number of halogens is 1. The molecule has 2 rings (SSSR count). The molecule has 0 amide bonds. The molecular weight excluding hydrogens is 345 g/mol. The Kier molecular flexibility index (Phi) is 5.25. The lowest BCUT2D eigenvalue weighted by atomic mass is 9.88. The highest BCUT2D eigenvalue weighted by molar-refractivity contribution is 14.1. The minimum absolute atomic E-state index is 0.542. The van der Waals surface area contributed by atoms with Crippen LogP contribution in [0.5, 0.6) is 0 Å². The van der Waals surface area contributed by atoms with Gasteiger partial charge in [-0.3, -0.25) is 0 Å². The third-order valence-electron chi connectivity index (χ3n) is 3.40. The van der Waals surface area contributed by atoms with Crippen LogP contribution in [0.4, 0.5) is 5.69 Å². The standard InChI is InChI=1S/C17H20IN/c1-13(2)17(14-6-4-3-5-7-14)12-19-16-10-8-15(18)9-11-16/h3-11,13,17,19H,12H2,1-2H3. The zero-order valence-electron chi connectivity index (χ0n) is 11.4. The van der Waals surface area contributed by atoms with Crippen molar-refractivity contribution in [3.8, 4) is 0 Å². The Bertz CT molecular complexity index is 490. The van der Waals surface area contributed by atoms with Gasteiger partial charge in [-0.15, -0.1) is 0 Å². The molecule has 2 aromatic carbocycles. The summed E-state index contributed by atoms with van der Waals surface area (Å²) in [6, 6.07) is 19.3. The van der Waals surface area contributed by atoms with E-state index in [1.54, 1.807) is 0 Å². The zero-order chi connectivity index (χ0) is 13.7. The molecule has 0 heterocycles. The van der Waals surface area contributed by atoms with Gasteiger partial charge in [0, 0.05) is 21.7 Å². The predicted molar refractivity (Wildman–Crippen MR) is 91.7 cm³/mol. The van der Waals surface area contributed by atoms with E-state index in [0.717, 1.165) is 6.54 Å². The van der Waals surface area contributed by atoms with Gasteiger partial charge in [0.15, 0.2) is 0 Å². The maximum Gasteiger partial charge on any atom is 0.0341 e. The van der Waals surface area contributed by atoms with Crippen LogP contribution in [-0.4, -0.2) is 6.54 Å². The number of anilines is 1. The Morgan fingerprint density at radius 2 is 1.58 bits per heavy atom. The van der Waals surface area contributed by atoms with E-state index in [1.165, 1.54) is 14.8 Å². The maximum atomic E-state index is 3.55. The first kappa shape index (κ1) is 14.4. The molecule has 1 atom stereocenters. The smallest absolute Gasteiger partial charge is 0.0341 e. The first-order chi connectivity index (χ1) is 9.16. The summed E-state index contributed by atoms with van der Waals surface area (Å²) in [6.45, 7) is 5.54. The van der Waals surface area contributed by atoms with Gasteiger partial charge in [0.25, 0.3) is 0 Å². The van der Waals surface area contributed by atoms with Crippen molar-refractivity contribution in [3.63, 3.8) is 0 Å². The molecule has 0 spiro atoms. The summed E-state index contributed by atoms with van der Waals surface area (Å²) in [5, 5.41) is 3.55. The van der Waals surface area contributed by atoms with Crippen LogP contribution in [0.2, 0.25) is 0 Å². The van der Waals surface area contributed by atoms with Gasteiger partial charge >= 0.3 is 0 Å². The summed E-state index contributed by atoms with van der Waals surface area (Å²) >= 11 is 2.33. The Balaban J connectivity index is 2.04. The average Bonchev–Trinajstić information content (AvgIpc) is 2.42. The van der Waals surface area contributed by atoms with Gasteiger partial charge in [0.05, 0.1) is 0 Å². The molecule has 0 aliphatic rings. The van der Waals surface area contributed by atoms with E-state index < -0.39 is 0 Å². The number of benzene rings is 2. The van der Waals surface area contributed by atoms with Gasteiger partial charge in [-0.2, -0.15) is 0 Å². The number of nitrogens with one attached hydrogen (secondary N) is 1. The van der Waals surface area contributed by atoms with E-state index in [1.807, 2.05) is 0 Å². The van der Waals surface area contributed by atoms with E-state index in [-0.39, 0.29) is 0 Å². The van der Waals surface area contributed by atoms with E-state index in [0.29, 0.717) is 11.8 Å². The average molecular weight is 365 g/mol. The van der Waals surface area contributed by atoms with Crippen molar-refractivity contribution in [2.75, 3.05) is 11.9 Å². The van der Waals surface area contributed by atoms with E-state index in [2.05, 4.69) is 96.4 Å². The molecule has 1 unspecified atom stereocenters. The van der Waals surface area contributed by atoms with Crippen LogP contribution in [0.1, 0.15) is 25.3 Å². The Morgan fingerprint density at radius 1 is 0.947 bits per heavy atom. The molecular formula is C17H20IN. The quantitative estimate of drug-likeness (QED) is 0.724. The second-order valence-corrected chi connectivity index (χ2v) is 6.39. The minimum atomic E-state index is 0.542. The largest absolute Gasteiger partial charge is 0.384 e. The molecule has 19 heavy (non-hydrogen) atoms. The normalized spacial score (nSPS) is 12.4. The lowest BCUT2D eigenvalue weighted by Gasteiger charge is -2.22. The maximum absolute atomic E-state index is 3.55. The van der Waals surface area contributed by atoms with Crippen LogP contribution < -0.4 is 5.32 Å². The molecule has 0 aliphatic heterocycles. The molecule has 1 nitrogen and oxygen atoms in total. The minimum Gasteiger partial charge on any atom is -0.384 e. The SMILES string of the molecule is CC(C)C(CNc1ccc(I)cc1)c1ccccc1. The van der Waals surface area contributed by atoms with Gasteiger partial charge < -0.3 is 5.32 Å². The lowest BCUT2D eigenvalue weighted by molar-refractivity contribution is 0.517. The van der Waals surface area contributed by atoms with Crippen molar-refractivity contribution in [1.29, 1.82) is 0 Å². The van der Waals surface area contributed by atoms with Gasteiger partial charge in [-0.1, -0.05) is 44.2 Å². The van der Waals surface area contributed by atoms with E-state index in [4.69, 9.17) is 0 Å². The third-order valence-corrected chi connectivity index (χ3v) is 4.12. The first-order valence-corrected chi connectivity index (χ1v) is 7.79. The van der Waals surface area contributed by atoms with Gasteiger partial charge in [-0.05, 0) is 58.3 Å². The highest BCUT2D eigenvalue weighted by Crippen LogP contribution is 2.25. The fourth-order valence-corrected chi connectivity index (χ4v) is 2.59. The van der Waals surface area contributed by atoms with E-state index in [9.17, 15) is 0 Å². The van der Waals surface area contributed by atoms with Crippen LogP contribution in [0, 0.1) is 9.49 Å². The number of hydrogen-bond donors (Lipinski definition) is 1. The summed E-state index contributed by atoms with van der Waals surface area (Å²) in [5.74, 6) is 1.17. The Hall–Kier alpha value is -1.03. The van der Waals surface area contributed by atoms with Crippen LogP contribution in [0.15, 0.2) is 54.6 Å². The second kappa shape index (κ2) is 6.94. The summed E-state index contributed by atoms with van der Waals surface area (Å²) < 4.78 is 1.27. The van der Waals surface area contributed by atoms with Gasteiger partial charge in [0.2, 0.25) is 0 Å². The van der Waals surface area contributed by atoms with Crippen LogP contribution in [0.3, 0.4) is 0 Å². The van der Waals surface area contributed by atoms with Crippen LogP contribution in [0.25, 0.3) is 0 Å². The molecule has 0 radical (unpaired) electrons. The van der Waals surface area contributed by atoms with Crippen molar-refractivity contribution < 1.29 is 0 Å². The molecule has 2 aromatic rings. The highest BCUT2D eigenvalue weighted by atomic mass is 127. The van der Waals surface area contributed by atoms with Crippen LogP contribution in [-0.2, 0) is 0 Å². The van der Waals surface area contributed by atoms with Crippen molar-refractivity contribution in [2.24, 2.45) is 5.92 Å². The fourth-order valence-electron chi connectivity index (χ4n) is 2.23. The molecule has 0 aromatic heterocycles. The molecule has 2 heteroatoms. The topological polar surface area (TPSA) is 12.0 Å². The summed E-state index contributed by atoms with van der Waals surface area (Å²) in [7, 11) is 0. The molecule has 0 bridgehead atoms.